The minimum absolute atomic E-state index is 0.204. The molecule has 1 spiro atoms. The number of rotatable bonds is 5. The van der Waals surface area contributed by atoms with Gasteiger partial charge in [-0.25, -0.2) is 9.97 Å². The van der Waals surface area contributed by atoms with Crippen molar-refractivity contribution < 1.29 is 4.79 Å². The molecule has 6 heteroatoms. The fraction of sp³-hybridized carbons (Fsp3) is 0.762. The summed E-state index contributed by atoms with van der Waals surface area (Å²) in [6.07, 6.45) is 4.05. The van der Waals surface area contributed by atoms with Crippen LogP contribution >= 0.6 is 0 Å². The second-order valence-corrected chi connectivity index (χ2v) is 9.00. The smallest absolute Gasteiger partial charge is 0.222 e. The Labute approximate surface area is 164 Å². The molecule has 0 bridgehead atoms. The number of likely N-dealkylation sites (tertiary alicyclic amines) is 1. The van der Waals surface area contributed by atoms with E-state index in [-0.39, 0.29) is 5.41 Å². The molecule has 6 nitrogen and oxygen atoms in total. The molecule has 3 heterocycles. The maximum Gasteiger partial charge on any atom is 0.222 e. The molecule has 0 saturated carbocycles. The normalized spacial score (nSPS) is 23.7. The van der Waals surface area contributed by atoms with Gasteiger partial charge in [-0.05, 0) is 46.2 Å². The van der Waals surface area contributed by atoms with E-state index >= 15 is 0 Å². The third-order valence-corrected chi connectivity index (χ3v) is 5.99. The fourth-order valence-electron chi connectivity index (χ4n) is 4.40. The minimum atomic E-state index is 0.204. The van der Waals surface area contributed by atoms with Crippen LogP contribution in [0.4, 0.5) is 5.82 Å². The maximum atomic E-state index is 12.4. The lowest BCUT2D eigenvalue weighted by Crippen LogP contribution is -2.55. The zero-order chi connectivity index (χ0) is 19.6. The molecule has 0 aromatic carbocycles. The third-order valence-electron chi connectivity index (χ3n) is 5.99. The Balaban J connectivity index is 1.76. The molecule has 0 unspecified atom stereocenters. The van der Waals surface area contributed by atoms with Gasteiger partial charge in [-0.3, -0.25) is 4.79 Å². The van der Waals surface area contributed by atoms with Crippen LogP contribution in [0.3, 0.4) is 0 Å². The van der Waals surface area contributed by atoms with Crippen molar-refractivity contribution in [1.82, 2.24) is 19.8 Å². The van der Waals surface area contributed by atoms with Crippen molar-refractivity contribution in [3.63, 3.8) is 0 Å². The van der Waals surface area contributed by atoms with Crippen LogP contribution in [0, 0.1) is 12.3 Å². The van der Waals surface area contributed by atoms with Crippen LogP contribution in [0.1, 0.15) is 57.0 Å². The molecule has 1 atom stereocenters. The number of nitrogens with zero attached hydrogens (tertiary/aromatic N) is 5. The highest BCUT2D eigenvalue weighted by molar-refractivity contribution is 5.77. The van der Waals surface area contributed by atoms with Crippen LogP contribution in [-0.4, -0.2) is 72.5 Å². The molecule has 27 heavy (non-hydrogen) atoms. The monoisotopic (exact) mass is 373 g/mol. The van der Waals surface area contributed by atoms with Crippen molar-refractivity contribution in [1.29, 1.82) is 0 Å². The highest BCUT2D eigenvalue weighted by Crippen LogP contribution is 2.40. The van der Waals surface area contributed by atoms with Gasteiger partial charge < -0.3 is 14.7 Å². The summed E-state index contributed by atoms with van der Waals surface area (Å²) in [6, 6.07) is 2.16. The summed E-state index contributed by atoms with van der Waals surface area (Å²) in [6.45, 7) is 11.0. The highest BCUT2D eigenvalue weighted by atomic mass is 16.2. The lowest BCUT2D eigenvalue weighted by atomic mass is 9.73. The molecule has 1 aromatic heterocycles. The van der Waals surface area contributed by atoms with Gasteiger partial charge in [0.15, 0.2) is 0 Å². The van der Waals surface area contributed by atoms with Gasteiger partial charge in [-0.15, -0.1) is 0 Å². The van der Waals surface area contributed by atoms with Crippen LogP contribution in [0.2, 0.25) is 0 Å². The first-order valence-corrected chi connectivity index (χ1v) is 10.3. The van der Waals surface area contributed by atoms with E-state index in [1.807, 2.05) is 6.92 Å². The first-order valence-electron chi connectivity index (χ1n) is 10.3. The minimum Gasteiger partial charge on any atom is -0.356 e. The largest absolute Gasteiger partial charge is 0.356 e. The van der Waals surface area contributed by atoms with Gasteiger partial charge in [0.2, 0.25) is 5.91 Å². The second kappa shape index (κ2) is 8.13. The van der Waals surface area contributed by atoms with Crippen molar-refractivity contribution in [2.45, 2.75) is 52.4 Å². The first kappa shape index (κ1) is 20.1. The molecule has 0 N–H and O–H groups in total. The average Bonchev–Trinajstić information content (AvgIpc) is 2.62. The van der Waals surface area contributed by atoms with Gasteiger partial charge >= 0.3 is 0 Å². The van der Waals surface area contributed by atoms with E-state index in [2.05, 4.69) is 53.7 Å². The molecular formula is C21H35N5O. The maximum absolute atomic E-state index is 12.4. The van der Waals surface area contributed by atoms with Gasteiger partial charge in [0.05, 0.1) is 0 Å². The topological polar surface area (TPSA) is 52.6 Å². The second-order valence-electron chi connectivity index (χ2n) is 9.00. The Hall–Kier alpha value is -1.69. The molecule has 2 saturated heterocycles. The van der Waals surface area contributed by atoms with Crippen LogP contribution in [0.25, 0.3) is 0 Å². The number of carbonyl (C=O) groups is 1. The number of anilines is 1. The van der Waals surface area contributed by atoms with Gasteiger partial charge in [-0.1, -0.05) is 13.8 Å². The van der Waals surface area contributed by atoms with Gasteiger partial charge in [-0.2, -0.15) is 0 Å². The zero-order valence-corrected chi connectivity index (χ0v) is 17.7. The van der Waals surface area contributed by atoms with Crippen LogP contribution in [0.5, 0.6) is 0 Å². The Kier molecular flexibility index (Phi) is 6.04. The summed E-state index contributed by atoms with van der Waals surface area (Å²) in [4.78, 5) is 28.4. The van der Waals surface area contributed by atoms with Crippen molar-refractivity contribution in [2.24, 2.45) is 5.41 Å². The van der Waals surface area contributed by atoms with E-state index in [1.54, 1.807) is 0 Å². The van der Waals surface area contributed by atoms with E-state index in [9.17, 15) is 4.79 Å². The van der Waals surface area contributed by atoms with Crippen molar-refractivity contribution in [3.05, 3.63) is 17.6 Å². The van der Waals surface area contributed by atoms with Gasteiger partial charge in [0, 0.05) is 56.3 Å². The third kappa shape index (κ3) is 4.78. The van der Waals surface area contributed by atoms with E-state index in [1.165, 1.54) is 6.42 Å². The summed E-state index contributed by atoms with van der Waals surface area (Å²) < 4.78 is 0. The standard InChI is InChI=1S/C21H35N5O/c1-16(2)18-13-19(23-17(3)22-18)25-10-6-8-21(14-25)9-7-20(27)26(15-21)12-11-24(4)5/h13,16H,6-12,14-15H2,1-5H3/t21-/m1/s1. The number of amides is 1. The number of aromatic nitrogens is 2. The highest BCUT2D eigenvalue weighted by Gasteiger charge is 2.42. The number of carbonyl (C=O) groups excluding carboxylic acids is 1. The van der Waals surface area contributed by atoms with E-state index < -0.39 is 0 Å². The van der Waals surface area contributed by atoms with Crippen LogP contribution < -0.4 is 4.90 Å². The molecule has 2 aliphatic heterocycles. The molecule has 2 aliphatic rings. The molecule has 3 rings (SSSR count). The summed E-state index contributed by atoms with van der Waals surface area (Å²) in [5, 5.41) is 0. The molecule has 1 aromatic rings. The van der Waals surface area contributed by atoms with E-state index in [0.717, 1.165) is 62.9 Å². The Morgan fingerprint density at radius 1 is 1.22 bits per heavy atom. The Bertz CT molecular complexity index is 675. The first-order chi connectivity index (χ1) is 12.8. The number of likely N-dealkylation sites (N-methyl/N-ethyl adjacent to an activating group) is 1. The molecule has 150 valence electrons. The summed E-state index contributed by atoms with van der Waals surface area (Å²) in [5.41, 5.74) is 1.32. The number of hydrogen-bond donors (Lipinski definition) is 0. The Morgan fingerprint density at radius 2 is 2.00 bits per heavy atom. The van der Waals surface area contributed by atoms with Crippen LogP contribution in [-0.2, 0) is 4.79 Å². The quantitative estimate of drug-likeness (QED) is 0.794. The van der Waals surface area contributed by atoms with Gasteiger partial charge in [0.1, 0.15) is 11.6 Å². The van der Waals surface area contributed by atoms with Crippen molar-refractivity contribution in [3.8, 4) is 0 Å². The summed E-state index contributed by atoms with van der Waals surface area (Å²) in [5.74, 6) is 2.63. The average molecular weight is 374 g/mol. The van der Waals surface area contributed by atoms with E-state index in [0.29, 0.717) is 18.2 Å². The molecular weight excluding hydrogens is 338 g/mol. The van der Waals surface area contributed by atoms with Crippen LogP contribution in [0.15, 0.2) is 6.07 Å². The summed E-state index contributed by atoms with van der Waals surface area (Å²) in [7, 11) is 4.13. The van der Waals surface area contributed by atoms with Crippen molar-refractivity contribution in [2.75, 3.05) is 51.7 Å². The predicted molar refractivity (Wildman–Crippen MR) is 109 cm³/mol. The molecule has 0 aliphatic carbocycles. The molecule has 1 amide bonds. The number of piperidine rings is 2. The summed E-state index contributed by atoms with van der Waals surface area (Å²) >= 11 is 0. The number of hydrogen-bond acceptors (Lipinski definition) is 5. The lowest BCUT2D eigenvalue weighted by molar-refractivity contribution is -0.138. The number of aryl methyl sites for hydroxylation is 1. The zero-order valence-electron chi connectivity index (χ0n) is 17.7. The lowest BCUT2D eigenvalue weighted by Gasteiger charge is -2.48. The molecule has 2 fully saturated rings. The Morgan fingerprint density at radius 3 is 2.70 bits per heavy atom. The predicted octanol–water partition coefficient (Wildman–Crippen LogP) is 2.68. The van der Waals surface area contributed by atoms with E-state index in [4.69, 9.17) is 4.98 Å². The SMILES string of the molecule is Cc1nc(C(C)C)cc(N2CCC[C@@]3(CCC(=O)N(CCN(C)C)C3)C2)n1. The van der Waals surface area contributed by atoms with Crippen molar-refractivity contribution >= 4 is 11.7 Å². The molecule has 0 radical (unpaired) electrons. The van der Waals surface area contributed by atoms with Gasteiger partial charge in [0.25, 0.3) is 0 Å². The fourth-order valence-corrected chi connectivity index (χ4v) is 4.40.